The maximum atomic E-state index is 13.2. The molecule has 0 unspecified atom stereocenters. The number of nitrogens with zero attached hydrogens (tertiary/aromatic N) is 2. The topological polar surface area (TPSA) is 107 Å². The van der Waals surface area contributed by atoms with E-state index in [4.69, 9.17) is 14.2 Å². The molecule has 0 radical (unpaired) electrons. The van der Waals surface area contributed by atoms with Gasteiger partial charge in [0.15, 0.2) is 5.78 Å². The van der Waals surface area contributed by atoms with E-state index in [0.717, 1.165) is 5.56 Å². The average molecular weight is 521 g/mol. The number of methoxy groups -OCH3 is 2. The number of Topliss-reactive ketones (excluding diaryl/α,β-unsaturated/α-hetero) is 1. The van der Waals surface area contributed by atoms with Gasteiger partial charge in [-0.3, -0.25) is 9.69 Å². The number of hydrogen-bond acceptors (Lipinski definition) is 7. The van der Waals surface area contributed by atoms with E-state index in [2.05, 4.69) is 15.9 Å². The van der Waals surface area contributed by atoms with Crippen LogP contribution in [0.25, 0.3) is 0 Å². The Balaban J connectivity index is 1.79. The first-order chi connectivity index (χ1) is 15.8. The monoisotopic (exact) mass is 520 g/mol. The van der Waals surface area contributed by atoms with E-state index < -0.39 is 24.2 Å². The second kappa shape index (κ2) is 11.3. The maximum absolute atomic E-state index is 13.2. The van der Waals surface area contributed by atoms with Crippen LogP contribution < -0.4 is 0 Å². The van der Waals surface area contributed by atoms with E-state index in [0.29, 0.717) is 4.47 Å². The van der Waals surface area contributed by atoms with Crippen molar-refractivity contribution >= 4 is 33.8 Å². The highest BCUT2D eigenvalue weighted by Crippen LogP contribution is 2.27. The Morgan fingerprint density at radius 3 is 2.55 bits per heavy atom. The zero-order chi connectivity index (χ0) is 24.0. The first kappa shape index (κ1) is 24.7. The number of amides is 1. The van der Waals surface area contributed by atoms with Crippen LogP contribution in [0.1, 0.15) is 33.0 Å². The second-order valence-electron chi connectivity index (χ2n) is 7.40. The van der Waals surface area contributed by atoms with Crippen LogP contribution in [0.4, 0.5) is 4.79 Å². The van der Waals surface area contributed by atoms with Crippen LogP contribution in [0, 0.1) is 0 Å². The molecule has 1 aliphatic rings. The molecule has 1 amide bonds. The predicted octanol–water partition coefficient (Wildman–Crippen LogP) is 3.15. The molecule has 9 nitrogen and oxygen atoms in total. The van der Waals surface area contributed by atoms with Crippen LogP contribution in [0.2, 0.25) is 0 Å². The van der Waals surface area contributed by atoms with Crippen LogP contribution in [-0.4, -0.2) is 65.3 Å². The first-order valence-corrected chi connectivity index (χ1v) is 11.0. The van der Waals surface area contributed by atoms with Crippen LogP contribution in [-0.2, 0) is 27.5 Å². The fourth-order valence-electron chi connectivity index (χ4n) is 3.57. The van der Waals surface area contributed by atoms with Crippen LogP contribution in [0.15, 0.2) is 53.0 Å². The van der Waals surface area contributed by atoms with Gasteiger partial charge in [0.2, 0.25) is 0 Å². The number of carbonyl (C=O) groups is 3. The number of aromatic nitrogens is 1. The van der Waals surface area contributed by atoms with Gasteiger partial charge in [0.05, 0.1) is 25.8 Å². The third-order valence-electron chi connectivity index (χ3n) is 5.14. The lowest BCUT2D eigenvalue weighted by Gasteiger charge is -2.33. The molecule has 0 spiro atoms. The smallest absolute Gasteiger partial charge is 0.410 e. The van der Waals surface area contributed by atoms with E-state index in [-0.39, 0.29) is 43.5 Å². The lowest BCUT2D eigenvalue weighted by molar-refractivity contribution is 0.0563. The number of aliphatic hydroxyl groups is 1. The van der Waals surface area contributed by atoms with Gasteiger partial charge in [-0.2, -0.15) is 0 Å². The van der Waals surface area contributed by atoms with Crippen molar-refractivity contribution in [1.29, 1.82) is 0 Å². The van der Waals surface area contributed by atoms with Crippen molar-refractivity contribution < 1.29 is 33.7 Å². The highest BCUT2D eigenvalue weighted by Gasteiger charge is 2.32. The molecule has 2 heterocycles. The number of ketones is 1. The Hall–Kier alpha value is -2.95. The van der Waals surface area contributed by atoms with E-state index in [9.17, 15) is 19.5 Å². The van der Waals surface area contributed by atoms with Gasteiger partial charge in [0.25, 0.3) is 0 Å². The molecule has 176 valence electrons. The fraction of sp³-hybridized carbons (Fsp3) is 0.348. The van der Waals surface area contributed by atoms with Gasteiger partial charge in [0, 0.05) is 18.0 Å². The van der Waals surface area contributed by atoms with Crippen molar-refractivity contribution in [2.45, 2.75) is 31.9 Å². The summed E-state index contributed by atoms with van der Waals surface area (Å²) in [5.74, 6) is -0.945. The number of hydrogen-bond donors (Lipinski definition) is 1. The van der Waals surface area contributed by atoms with Crippen molar-refractivity contribution in [3.05, 3.63) is 70.0 Å². The summed E-state index contributed by atoms with van der Waals surface area (Å²) in [5.41, 5.74) is 1.20. The number of esters is 1. The van der Waals surface area contributed by atoms with Crippen molar-refractivity contribution in [2.75, 3.05) is 20.8 Å². The Morgan fingerprint density at radius 2 is 1.88 bits per heavy atom. The summed E-state index contributed by atoms with van der Waals surface area (Å²) >= 11 is 3.34. The molecule has 33 heavy (non-hydrogen) atoms. The normalized spacial score (nSPS) is 17.6. The van der Waals surface area contributed by atoms with E-state index in [1.807, 2.05) is 30.3 Å². The first-order valence-electron chi connectivity index (χ1n) is 10.2. The van der Waals surface area contributed by atoms with Crippen molar-refractivity contribution in [3.63, 3.8) is 0 Å². The van der Waals surface area contributed by atoms with Gasteiger partial charge in [0.1, 0.15) is 24.7 Å². The van der Waals surface area contributed by atoms with Crippen molar-refractivity contribution in [2.24, 2.45) is 0 Å². The third-order valence-corrected chi connectivity index (χ3v) is 5.75. The SMILES string of the molecule is COCn1c(C(=O)OC)cc(Br)c1C(=O)C[C@H]1C=C[C@@H](O)CN1C(=O)OCc1ccccc1. The van der Waals surface area contributed by atoms with Gasteiger partial charge in [-0.25, -0.2) is 9.59 Å². The van der Waals surface area contributed by atoms with Gasteiger partial charge < -0.3 is 23.9 Å². The number of β-amino-alcohol motifs (C(OH)–C–C–N with tert-alkyl or cyclic N) is 1. The molecule has 1 aromatic carbocycles. The summed E-state index contributed by atoms with van der Waals surface area (Å²) in [6, 6.07) is 10.1. The second-order valence-corrected chi connectivity index (χ2v) is 8.26. The van der Waals surface area contributed by atoms with Crippen LogP contribution >= 0.6 is 15.9 Å². The molecule has 2 atom stereocenters. The molecule has 0 saturated carbocycles. The number of carbonyl (C=O) groups excluding carboxylic acids is 3. The number of ether oxygens (including phenoxy) is 3. The van der Waals surface area contributed by atoms with E-state index >= 15 is 0 Å². The van der Waals surface area contributed by atoms with E-state index in [1.165, 1.54) is 29.8 Å². The maximum Gasteiger partial charge on any atom is 0.410 e. The predicted molar refractivity (Wildman–Crippen MR) is 122 cm³/mol. The Bertz CT molecular complexity index is 1030. The third kappa shape index (κ3) is 5.89. The van der Waals surface area contributed by atoms with Gasteiger partial charge in [-0.1, -0.05) is 42.5 Å². The molecule has 10 heteroatoms. The minimum atomic E-state index is -0.865. The van der Waals surface area contributed by atoms with Gasteiger partial charge >= 0.3 is 12.1 Å². The molecule has 1 aromatic heterocycles. The Kier molecular flexibility index (Phi) is 8.43. The largest absolute Gasteiger partial charge is 0.464 e. The summed E-state index contributed by atoms with van der Waals surface area (Å²) < 4.78 is 17.2. The highest BCUT2D eigenvalue weighted by molar-refractivity contribution is 9.10. The number of aliphatic hydroxyl groups excluding tert-OH is 1. The molecule has 3 rings (SSSR count). The zero-order valence-corrected chi connectivity index (χ0v) is 19.9. The summed E-state index contributed by atoms with van der Waals surface area (Å²) in [7, 11) is 2.69. The minimum absolute atomic E-state index is 0.00423. The molecular formula is C23H25BrN2O7. The molecule has 0 saturated heterocycles. The summed E-state index contributed by atoms with van der Waals surface area (Å²) in [6.07, 6.45) is 1.56. The molecular weight excluding hydrogens is 496 g/mol. The Morgan fingerprint density at radius 1 is 1.15 bits per heavy atom. The zero-order valence-electron chi connectivity index (χ0n) is 18.3. The number of rotatable bonds is 8. The van der Waals surface area contributed by atoms with Crippen LogP contribution in [0.5, 0.6) is 0 Å². The molecule has 0 bridgehead atoms. The lowest BCUT2D eigenvalue weighted by Crippen LogP contribution is -2.47. The number of benzene rings is 1. The standard InChI is InChI=1S/C23H25BrN2O7/c1-31-14-26-19(22(29)32-2)11-18(24)21(26)20(28)10-16-8-9-17(27)12-25(16)23(30)33-13-15-6-4-3-5-7-15/h3-9,11,16-17,27H,10,12-14H2,1-2H3/t16-,17-/m1/s1. The summed E-state index contributed by atoms with van der Waals surface area (Å²) in [5, 5.41) is 10.0. The van der Waals surface area contributed by atoms with Crippen molar-refractivity contribution in [1.82, 2.24) is 9.47 Å². The average Bonchev–Trinajstić information content (AvgIpc) is 3.14. The molecule has 0 fully saturated rings. The quantitative estimate of drug-likeness (QED) is 0.323. The Labute approximate surface area is 199 Å². The lowest BCUT2D eigenvalue weighted by atomic mass is 10.0. The molecule has 2 aromatic rings. The summed E-state index contributed by atoms with van der Waals surface area (Å²) in [6.45, 7) is 0.0241. The van der Waals surface area contributed by atoms with Gasteiger partial charge in [-0.05, 0) is 27.6 Å². The van der Waals surface area contributed by atoms with E-state index in [1.54, 1.807) is 12.2 Å². The van der Waals surface area contributed by atoms with Crippen molar-refractivity contribution in [3.8, 4) is 0 Å². The highest BCUT2D eigenvalue weighted by atomic mass is 79.9. The summed E-state index contributed by atoms with van der Waals surface area (Å²) in [4.78, 5) is 39.5. The van der Waals surface area contributed by atoms with Gasteiger partial charge in [-0.15, -0.1) is 0 Å². The number of halogens is 1. The molecule has 1 N–H and O–H groups in total. The molecule has 0 aliphatic carbocycles. The van der Waals surface area contributed by atoms with Crippen LogP contribution in [0.3, 0.4) is 0 Å². The minimum Gasteiger partial charge on any atom is -0.464 e. The molecule has 1 aliphatic heterocycles. The fourth-order valence-corrected chi connectivity index (χ4v) is 4.22.